The number of nitrogens with zero attached hydrogens (tertiary/aromatic N) is 7. The molecule has 4 aromatic rings. The molecule has 1 amide bonds. The summed E-state index contributed by atoms with van der Waals surface area (Å²) in [4.78, 5) is 41.9. The molecular formula is C30H36N8O3. The molecule has 1 aliphatic heterocycles. The number of benzene rings is 2. The number of carbonyl (C=O) groups excluding carboxylic acids is 1. The van der Waals surface area contributed by atoms with Crippen LogP contribution in [0, 0.1) is 22.5 Å². The Morgan fingerprint density at radius 3 is 2.27 bits per heavy atom. The van der Waals surface area contributed by atoms with Crippen molar-refractivity contribution in [2.24, 2.45) is 5.41 Å². The summed E-state index contributed by atoms with van der Waals surface area (Å²) >= 11 is 0. The number of nitro benzene ring substituents is 1. The number of aryl methyl sites for hydroxylation is 1. The summed E-state index contributed by atoms with van der Waals surface area (Å²) in [5.74, 6) is 1.40. The number of hydrogen-bond acceptors (Lipinski definition) is 8. The minimum atomic E-state index is -0.404. The van der Waals surface area contributed by atoms with Gasteiger partial charge in [0, 0.05) is 51.3 Å². The Kier molecular flexibility index (Phi) is 7.87. The van der Waals surface area contributed by atoms with Gasteiger partial charge in [0.05, 0.1) is 17.8 Å². The normalized spacial score (nSPS) is 14.0. The van der Waals surface area contributed by atoms with Crippen molar-refractivity contribution in [3.63, 3.8) is 0 Å². The van der Waals surface area contributed by atoms with Crippen LogP contribution in [0.15, 0.2) is 54.9 Å². The van der Waals surface area contributed by atoms with Gasteiger partial charge in [-0.3, -0.25) is 14.9 Å². The maximum atomic E-state index is 12.8. The predicted octanol–water partition coefficient (Wildman–Crippen LogP) is 4.79. The Morgan fingerprint density at radius 1 is 0.976 bits per heavy atom. The Hall–Kier alpha value is -4.54. The Labute approximate surface area is 239 Å². The average molecular weight is 557 g/mol. The number of anilines is 2. The standard InChI is InChI=1S/C30H36N8O3/c1-21-5-7-22(8-6-21)18-31-27-26-28(37(20-32-26)19-23-9-11-24(12-10-23)38(40)41)34-29(33-27)36-15-13-35(14-16-36)25(39)17-30(2,3)4/h5-12,20H,13-19H2,1-4H3,(H,31,33,34). The van der Waals surface area contributed by atoms with E-state index in [1.807, 2.05) is 9.47 Å². The Balaban J connectivity index is 1.41. The molecule has 214 valence electrons. The van der Waals surface area contributed by atoms with Gasteiger partial charge in [-0.15, -0.1) is 0 Å². The first-order chi connectivity index (χ1) is 19.6. The zero-order valence-corrected chi connectivity index (χ0v) is 24.0. The van der Waals surface area contributed by atoms with Gasteiger partial charge in [-0.25, -0.2) is 4.98 Å². The number of carbonyl (C=O) groups is 1. The molecule has 2 aromatic carbocycles. The van der Waals surface area contributed by atoms with Gasteiger partial charge in [-0.05, 0) is 23.5 Å². The van der Waals surface area contributed by atoms with Crippen molar-refractivity contribution in [2.45, 2.75) is 47.2 Å². The number of piperazine rings is 1. The molecule has 0 saturated carbocycles. The van der Waals surface area contributed by atoms with Gasteiger partial charge in [0.1, 0.15) is 0 Å². The van der Waals surface area contributed by atoms with Gasteiger partial charge in [0.15, 0.2) is 17.0 Å². The molecule has 1 N–H and O–H groups in total. The number of imidazole rings is 1. The van der Waals surface area contributed by atoms with E-state index in [2.05, 4.69) is 67.2 Å². The Bertz CT molecular complexity index is 1530. The summed E-state index contributed by atoms with van der Waals surface area (Å²) in [6.45, 7) is 11.8. The first-order valence-corrected chi connectivity index (χ1v) is 13.8. The molecule has 0 aliphatic carbocycles. The van der Waals surface area contributed by atoms with Gasteiger partial charge in [-0.2, -0.15) is 9.97 Å². The number of rotatable bonds is 8. The van der Waals surface area contributed by atoms with E-state index in [0.29, 0.717) is 68.6 Å². The lowest BCUT2D eigenvalue weighted by Gasteiger charge is -2.36. The van der Waals surface area contributed by atoms with Gasteiger partial charge in [0.25, 0.3) is 5.69 Å². The molecule has 11 heteroatoms. The van der Waals surface area contributed by atoms with E-state index in [4.69, 9.17) is 9.97 Å². The van der Waals surface area contributed by atoms with E-state index in [-0.39, 0.29) is 17.0 Å². The van der Waals surface area contributed by atoms with Crippen LogP contribution in [-0.2, 0) is 17.9 Å². The third kappa shape index (κ3) is 6.79. The second kappa shape index (κ2) is 11.5. The van der Waals surface area contributed by atoms with Crippen molar-refractivity contribution in [3.8, 4) is 0 Å². The third-order valence-corrected chi connectivity index (χ3v) is 7.13. The molecule has 41 heavy (non-hydrogen) atoms. The smallest absolute Gasteiger partial charge is 0.269 e. The highest BCUT2D eigenvalue weighted by atomic mass is 16.6. The lowest BCUT2D eigenvalue weighted by molar-refractivity contribution is -0.384. The predicted molar refractivity (Wildman–Crippen MR) is 159 cm³/mol. The first-order valence-electron chi connectivity index (χ1n) is 13.8. The maximum absolute atomic E-state index is 12.8. The topological polar surface area (TPSA) is 122 Å². The third-order valence-electron chi connectivity index (χ3n) is 7.13. The Morgan fingerprint density at radius 2 is 1.63 bits per heavy atom. The molecule has 3 heterocycles. The number of nitrogens with one attached hydrogen (secondary N) is 1. The number of fused-ring (bicyclic) bond motifs is 1. The molecule has 11 nitrogen and oxygen atoms in total. The number of hydrogen-bond donors (Lipinski definition) is 1. The van der Waals surface area contributed by atoms with Gasteiger partial charge in [0.2, 0.25) is 11.9 Å². The van der Waals surface area contributed by atoms with E-state index < -0.39 is 4.92 Å². The van der Waals surface area contributed by atoms with Crippen LogP contribution >= 0.6 is 0 Å². The van der Waals surface area contributed by atoms with Crippen molar-refractivity contribution < 1.29 is 9.72 Å². The van der Waals surface area contributed by atoms with Crippen LogP contribution in [0.3, 0.4) is 0 Å². The largest absolute Gasteiger partial charge is 0.364 e. The fourth-order valence-electron chi connectivity index (χ4n) is 4.85. The molecule has 5 rings (SSSR count). The highest BCUT2D eigenvalue weighted by Crippen LogP contribution is 2.26. The van der Waals surface area contributed by atoms with Crippen molar-refractivity contribution in [1.29, 1.82) is 0 Å². The summed E-state index contributed by atoms with van der Waals surface area (Å²) in [7, 11) is 0. The lowest BCUT2D eigenvalue weighted by atomic mass is 9.91. The highest BCUT2D eigenvalue weighted by molar-refractivity contribution is 5.84. The maximum Gasteiger partial charge on any atom is 0.269 e. The van der Waals surface area contributed by atoms with E-state index in [1.165, 1.54) is 17.7 Å². The monoisotopic (exact) mass is 556 g/mol. The molecule has 0 unspecified atom stereocenters. The summed E-state index contributed by atoms with van der Waals surface area (Å²) in [5, 5.41) is 14.5. The van der Waals surface area contributed by atoms with Crippen LogP contribution < -0.4 is 10.2 Å². The highest BCUT2D eigenvalue weighted by Gasteiger charge is 2.27. The zero-order valence-electron chi connectivity index (χ0n) is 24.0. The van der Waals surface area contributed by atoms with Crippen LogP contribution in [0.4, 0.5) is 17.5 Å². The van der Waals surface area contributed by atoms with Crippen LogP contribution in [0.25, 0.3) is 11.2 Å². The van der Waals surface area contributed by atoms with Gasteiger partial charge < -0.3 is 19.7 Å². The second-order valence-corrected chi connectivity index (χ2v) is 11.8. The summed E-state index contributed by atoms with van der Waals surface area (Å²) in [6, 6.07) is 14.8. The van der Waals surface area contributed by atoms with E-state index in [9.17, 15) is 14.9 Å². The van der Waals surface area contributed by atoms with E-state index in [1.54, 1.807) is 18.5 Å². The van der Waals surface area contributed by atoms with Crippen molar-refractivity contribution in [1.82, 2.24) is 24.4 Å². The minimum absolute atomic E-state index is 0.0524. The molecular weight excluding hydrogens is 520 g/mol. The number of aromatic nitrogens is 4. The molecule has 2 aromatic heterocycles. The van der Waals surface area contributed by atoms with Crippen molar-refractivity contribution in [3.05, 3.63) is 81.7 Å². The molecule has 1 saturated heterocycles. The summed E-state index contributed by atoms with van der Waals surface area (Å²) in [6.07, 6.45) is 2.25. The van der Waals surface area contributed by atoms with Crippen molar-refractivity contribution >= 4 is 34.5 Å². The first kappa shape index (κ1) is 28.0. The number of amides is 1. The molecule has 0 atom stereocenters. The SMILES string of the molecule is Cc1ccc(CNc2nc(N3CCN(C(=O)CC(C)(C)C)CC3)nc3c2ncn3Cc2ccc([N+](=O)[O-])cc2)cc1. The summed E-state index contributed by atoms with van der Waals surface area (Å²) in [5.41, 5.74) is 4.55. The molecule has 0 radical (unpaired) electrons. The van der Waals surface area contributed by atoms with Crippen LogP contribution in [0.1, 0.15) is 43.9 Å². The summed E-state index contributed by atoms with van der Waals surface area (Å²) < 4.78 is 1.93. The fraction of sp³-hybridized carbons (Fsp3) is 0.400. The fourth-order valence-corrected chi connectivity index (χ4v) is 4.85. The molecule has 1 fully saturated rings. The second-order valence-electron chi connectivity index (χ2n) is 11.8. The number of nitro groups is 1. The zero-order chi connectivity index (χ0) is 29.1. The van der Waals surface area contributed by atoms with Crippen LogP contribution in [0.5, 0.6) is 0 Å². The van der Waals surface area contributed by atoms with Crippen LogP contribution in [-0.4, -0.2) is 61.4 Å². The lowest BCUT2D eigenvalue weighted by Crippen LogP contribution is -2.49. The quantitative estimate of drug-likeness (QED) is 0.243. The number of non-ortho nitro benzene ring substituents is 1. The van der Waals surface area contributed by atoms with Crippen LogP contribution in [0.2, 0.25) is 0 Å². The minimum Gasteiger partial charge on any atom is -0.364 e. The average Bonchev–Trinajstić information content (AvgIpc) is 3.34. The molecule has 0 bridgehead atoms. The van der Waals surface area contributed by atoms with Gasteiger partial charge in [-0.1, -0.05) is 62.7 Å². The molecule has 1 aliphatic rings. The van der Waals surface area contributed by atoms with Crippen molar-refractivity contribution in [2.75, 3.05) is 36.4 Å². The van der Waals surface area contributed by atoms with E-state index in [0.717, 1.165) is 11.1 Å². The van der Waals surface area contributed by atoms with Gasteiger partial charge >= 0.3 is 0 Å². The van der Waals surface area contributed by atoms with E-state index >= 15 is 0 Å². The molecule has 0 spiro atoms.